The van der Waals surface area contributed by atoms with Crippen LogP contribution < -0.4 is 11.3 Å². The van der Waals surface area contributed by atoms with Crippen molar-refractivity contribution in [3.8, 4) is 0 Å². The van der Waals surface area contributed by atoms with Crippen molar-refractivity contribution < 1.29 is 0 Å². The molecule has 1 unspecified atom stereocenters. The summed E-state index contributed by atoms with van der Waals surface area (Å²) in [6.45, 7) is 2.08. The normalized spacial score (nSPS) is 17.4. The Morgan fingerprint density at radius 3 is 2.72 bits per heavy atom. The zero-order valence-corrected chi connectivity index (χ0v) is 11.5. The third-order valence-corrected chi connectivity index (χ3v) is 3.60. The fraction of sp³-hybridized carbons (Fsp3) is 0.462. The first-order valence-corrected chi connectivity index (χ1v) is 6.53. The fourth-order valence-corrected chi connectivity index (χ4v) is 2.11. The summed E-state index contributed by atoms with van der Waals surface area (Å²) >= 11 is 6.21. The predicted octanol–water partition coefficient (Wildman–Crippen LogP) is 2.31. The molecular formula is C13H19ClN4. The molecule has 98 valence electrons. The molecule has 0 amide bonds. The standard InChI is InChI=1S/C13H19ClN4/c1-9(11-5-3-4-6-12(11)14)18(2)13(17-15)16-10-7-8-10/h3-6,9-10H,7-8,15H2,1-2H3,(H,16,17). The second-order valence-corrected chi connectivity index (χ2v) is 5.04. The van der Waals surface area contributed by atoms with Crippen LogP contribution in [0.1, 0.15) is 31.4 Å². The van der Waals surface area contributed by atoms with Gasteiger partial charge in [-0.2, -0.15) is 0 Å². The van der Waals surface area contributed by atoms with E-state index in [1.165, 1.54) is 0 Å². The third-order valence-electron chi connectivity index (χ3n) is 3.25. The summed E-state index contributed by atoms with van der Waals surface area (Å²) < 4.78 is 0. The molecule has 1 aliphatic carbocycles. The number of hydrazine groups is 1. The van der Waals surface area contributed by atoms with Gasteiger partial charge in [0.05, 0.1) is 12.1 Å². The van der Waals surface area contributed by atoms with Crippen LogP contribution in [0.2, 0.25) is 5.02 Å². The maximum absolute atomic E-state index is 6.21. The summed E-state index contributed by atoms with van der Waals surface area (Å²) in [5, 5.41) is 0.764. The lowest BCUT2D eigenvalue weighted by atomic mass is 10.1. The highest BCUT2D eigenvalue weighted by Gasteiger charge is 2.24. The van der Waals surface area contributed by atoms with E-state index in [1.807, 2.05) is 36.2 Å². The number of aliphatic imine (C=N–C) groups is 1. The van der Waals surface area contributed by atoms with Crippen LogP contribution in [0.3, 0.4) is 0 Å². The summed E-state index contributed by atoms with van der Waals surface area (Å²) in [4.78, 5) is 6.56. The summed E-state index contributed by atoms with van der Waals surface area (Å²) in [6.07, 6.45) is 2.30. The van der Waals surface area contributed by atoms with E-state index in [2.05, 4.69) is 17.3 Å². The molecule has 2 rings (SSSR count). The molecule has 1 fully saturated rings. The lowest BCUT2D eigenvalue weighted by Gasteiger charge is -2.28. The largest absolute Gasteiger partial charge is 0.338 e. The Labute approximate surface area is 113 Å². The molecule has 1 atom stereocenters. The molecule has 0 aliphatic heterocycles. The van der Waals surface area contributed by atoms with E-state index < -0.39 is 0 Å². The van der Waals surface area contributed by atoms with Crippen LogP contribution in [0.4, 0.5) is 0 Å². The lowest BCUT2D eigenvalue weighted by Crippen LogP contribution is -2.44. The minimum Gasteiger partial charge on any atom is -0.338 e. The summed E-state index contributed by atoms with van der Waals surface area (Å²) in [6, 6.07) is 8.38. The van der Waals surface area contributed by atoms with E-state index in [0.717, 1.165) is 23.4 Å². The fourth-order valence-electron chi connectivity index (χ4n) is 1.81. The molecule has 0 heterocycles. The Morgan fingerprint density at radius 1 is 1.50 bits per heavy atom. The SMILES string of the molecule is CC(c1ccccc1Cl)N(C)C(=NC1CC1)NN. The predicted molar refractivity (Wildman–Crippen MR) is 75.4 cm³/mol. The van der Waals surface area contributed by atoms with Crippen molar-refractivity contribution >= 4 is 17.6 Å². The van der Waals surface area contributed by atoms with Crippen molar-refractivity contribution in [3.63, 3.8) is 0 Å². The van der Waals surface area contributed by atoms with Gasteiger partial charge in [0, 0.05) is 12.1 Å². The van der Waals surface area contributed by atoms with Crippen molar-refractivity contribution in [1.82, 2.24) is 10.3 Å². The van der Waals surface area contributed by atoms with E-state index in [1.54, 1.807) is 0 Å². The van der Waals surface area contributed by atoms with Crippen LogP contribution in [-0.4, -0.2) is 23.9 Å². The van der Waals surface area contributed by atoms with Crippen LogP contribution >= 0.6 is 11.6 Å². The van der Waals surface area contributed by atoms with Crippen molar-refractivity contribution in [1.29, 1.82) is 0 Å². The average Bonchev–Trinajstić information content (AvgIpc) is 3.19. The lowest BCUT2D eigenvalue weighted by molar-refractivity contribution is 0.387. The number of nitrogens with one attached hydrogen (secondary N) is 1. The van der Waals surface area contributed by atoms with Crippen molar-refractivity contribution in [3.05, 3.63) is 34.9 Å². The first-order chi connectivity index (χ1) is 8.63. The van der Waals surface area contributed by atoms with E-state index in [9.17, 15) is 0 Å². The van der Waals surface area contributed by atoms with E-state index >= 15 is 0 Å². The summed E-state index contributed by atoms with van der Waals surface area (Å²) in [7, 11) is 1.97. The van der Waals surface area contributed by atoms with Gasteiger partial charge in [0.1, 0.15) is 0 Å². The van der Waals surface area contributed by atoms with Crippen LogP contribution in [0.5, 0.6) is 0 Å². The van der Waals surface area contributed by atoms with Gasteiger partial charge >= 0.3 is 0 Å². The Bertz CT molecular complexity index is 442. The number of hydrogen-bond acceptors (Lipinski definition) is 2. The molecule has 1 aromatic carbocycles. The summed E-state index contributed by atoms with van der Waals surface area (Å²) in [5.41, 5.74) is 3.75. The molecule has 5 heteroatoms. The average molecular weight is 267 g/mol. The molecule has 0 aromatic heterocycles. The van der Waals surface area contributed by atoms with Gasteiger partial charge in [-0.15, -0.1) is 0 Å². The van der Waals surface area contributed by atoms with Crippen molar-refractivity contribution in [2.24, 2.45) is 10.8 Å². The van der Waals surface area contributed by atoms with E-state index in [4.69, 9.17) is 17.4 Å². The number of nitrogens with two attached hydrogens (primary N) is 1. The van der Waals surface area contributed by atoms with Gasteiger partial charge in [-0.3, -0.25) is 5.43 Å². The maximum Gasteiger partial charge on any atom is 0.208 e. The van der Waals surface area contributed by atoms with Crippen LogP contribution in [0, 0.1) is 0 Å². The van der Waals surface area contributed by atoms with Crippen molar-refractivity contribution in [2.45, 2.75) is 31.8 Å². The first-order valence-electron chi connectivity index (χ1n) is 6.15. The smallest absolute Gasteiger partial charge is 0.208 e. The highest BCUT2D eigenvalue weighted by Crippen LogP contribution is 2.28. The van der Waals surface area contributed by atoms with Crippen molar-refractivity contribution in [2.75, 3.05) is 7.05 Å². The Hall–Kier alpha value is -1.26. The number of halogens is 1. The minimum absolute atomic E-state index is 0.118. The maximum atomic E-state index is 6.21. The Morgan fingerprint density at radius 2 is 2.17 bits per heavy atom. The van der Waals surface area contributed by atoms with Gasteiger partial charge in [-0.25, -0.2) is 10.8 Å². The number of guanidine groups is 1. The number of benzene rings is 1. The van der Waals surface area contributed by atoms with Gasteiger partial charge in [-0.1, -0.05) is 29.8 Å². The molecule has 1 aromatic rings. The molecular weight excluding hydrogens is 248 g/mol. The Kier molecular flexibility index (Phi) is 4.09. The molecule has 0 saturated heterocycles. The summed E-state index contributed by atoms with van der Waals surface area (Å²) in [5.74, 6) is 6.26. The monoisotopic (exact) mass is 266 g/mol. The van der Waals surface area contributed by atoms with Crippen LogP contribution in [-0.2, 0) is 0 Å². The third kappa shape index (κ3) is 2.94. The molecule has 0 bridgehead atoms. The number of nitrogens with zero attached hydrogens (tertiary/aromatic N) is 2. The molecule has 1 saturated carbocycles. The molecule has 3 N–H and O–H groups in total. The van der Waals surface area contributed by atoms with Crippen LogP contribution in [0.25, 0.3) is 0 Å². The zero-order valence-electron chi connectivity index (χ0n) is 10.7. The quantitative estimate of drug-likeness (QED) is 0.382. The van der Waals surface area contributed by atoms with E-state index in [0.29, 0.717) is 12.0 Å². The van der Waals surface area contributed by atoms with Gasteiger partial charge < -0.3 is 4.90 Å². The second-order valence-electron chi connectivity index (χ2n) is 4.64. The highest BCUT2D eigenvalue weighted by molar-refractivity contribution is 6.31. The van der Waals surface area contributed by atoms with Gasteiger partial charge in [0.2, 0.25) is 5.96 Å². The molecule has 4 nitrogen and oxygen atoms in total. The molecule has 0 spiro atoms. The van der Waals surface area contributed by atoms with Gasteiger partial charge in [0.15, 0.2) is 0 Å². The van der Waals surface area contributed by atoms with Gasteiger partial charge in [-0.05, 0) is 31.4 Å². The minimum atomic E-state index is 0.118. The molecule has 0 radical (unpaired) electrons. The number of rotatable bonds is 3. The Balaban J connectivity index is 2.16. The molecule has 1 aliphatic rings. The highest BCUT2D eigenvalue weighted by atomic mass is 35.5. The zero-order chi connectivity index (χ0) is 13.1. The number of hydrogen-bond donors (Lipinski definition) is 2. The first kappa shape index (κ1) is 13.2. The van der Waals surface area contributed by atoms with Crippen LogP contribution in [0.15, 0.2) is 29.3 Å². The topological polar surface area (TPSA) is 53.6 Å². The molecule has 18 heavy (non-hydrogen) atoms. The second kappa shape index (κ2) is 5.59. The van der Waals surface area contributed by atoms with Gasteiger partial charge in [0.25, 0.3) is 0 Å². The van der Waals surface area contributed by atoms with E-state index in [-0.39, 0.29) is 6.04 Å².